The van der Waals surface area contributed by atoms with Crippen molar-refractivity contribution < 1.29 is 18.6 Å². The van der Waals surface area contributed by atoms with Crippen LogP contribution in [0.4, 0.5) is 8.78 Å². The Balaban J connectivity index is 1.41. The highest BCUT2D eigenvalue weighted by atomic mass is 79.9. The number of ether oxygens (including phenoxy) is 1. The highest BCUT2D eigenvalue weighted by molar-refractivity contribution is 9.10. The molecule has 1 aliphatic heterocycles. The Morgan fingerprint density at radius 2 is 1.59 bits per heavy atom. The smallest absolute Gasteiger partial charge is 0.190 e. The molecule has 0 radical (unpaired) electrons. The van der Waals surface area contributed by atoms with Crippen LogP contribution in [0.2, 0.25) is 0 Å². The topological polar surface area (TPSA) is 35.9 Å². The Labute approximate surface area is 166 Å². The molecule has 0 bridgehead atoms. The zero-order valence-corrected chi connectivity index (χ0v) is 16.5. The van der Waals surface area contributed by atoms with Gasteiger partial charge in [0.25, 0.3) is 0 Å². The van der Waals surface area contributed by atoms with Gasteiger partial charge in [0.1, 0.15) is 12.7 Å². The van der Waals surface area contributed by atoms with Crippen LogP contribution in [0.5, 0.6) is 5.75 Å². The van der Waals surface area contributed by atoms with Gasteiger partial charge in [-0.05, 0) is 17.7 Å². The molecule has 1 heterocycles. The number of benzene rings is 2. The van der Waals surface area contributed by atoms with Gasteiger partial charge in [0, 0.05) is 43.7 Å². The average Bonchev–Trinajstić information content (AvgIpc) is 2.63. The van der Waals surface area contributed by atoms with Crippen LogP contribution >= 0.6 is 15.9 Å². The van der Waals surface area contributed by atoms with Gasteiger partial charge < -0.3 is 9.84 Å². The molecule has 27 heavy (non-hydrogen) atoms. The van der Waals surface area contributed by atoms with Crippen LogP contribution in [0.15, 0.2) is 46.9 Å². The second kappa shape index (κ2) is 9.59. The molecule has 1 fully saturated rings. The highest BCUT2D eigenvalue weighted by Crippen LogP contribution is 2.26. The van der Waals surface area contributed by atoms with E-state index < -0.39 is 23.5 Å². The normalized spacial score (nSPS) is 17.0. The number of piperazine rings is 1. The molecule has 0 unspecified atom stereocenters. The number of rotatable bonds is 7. The lowest BCUT2D eigenvalue weighted by Crippen LogP contribution is -2.48. The largest absolute Gasteiger partial charge is 0.485 e. The highest BCUT2D eigenvalue weighted by Gasteiger charge is 2.20. The quantitative estimate of drug-likeness (QED) is 0.716. The van der Waals surface area contributed by atoms with E-state index in [4.69, 9.17) is 4.74 Å². The molecule has 7 heteroatoms. The third-order valence-electron chi connectivity index (χ3n) is 4.57. The van der Waals surface area contributed by atoms with Gasteiger partial charge >= 0.3 is 0 Å². The van der Waals surface area contributed by atoms with E-state index in [0.29, 0.717) is 11.0 Å². The molecule has 1 atom stereocenters. The maximum absolute atomic E-state index is 13.7. The van der Waals surface area contributed by atoms with Crippen molar-refractivity contribution in [3.8, 4) is 5.75 Å². The van der Waals surface area contributed by atoms with E-state index in [2.05, 4.69) is 37.9 Å². The molecule has 0 amide bonds. The Hall–Kier alpha value is -1.54. The van der Waals surface area contributed by atoms with Gasteiger partial charge in [-0.15, -0.1) is 0 Å². The fourth-order valence-electron chi connectivity index (χ4n) is 3.17. The summed E-state index contributed by atoms with van der Waals surface area (Å²) in [7, 11) is 0. The van der Waals surface area contributed by atoms with Crippen LogP contribution in [-0.4, -0.2) is 60.3 Å². The fraction of sp³-hybridized carbons (Fsp3) is 0.400. The van der Waals surface area contributed by atoms with Gasteiger partial charge in [-0.25, -0.2) is 8.78 Å². The van der Waals surface area contributed by atoms with Crippen LogP contribution in [-0.2, 0) is 6.54 Å². The first-order valence-electron chi connectivity index (χ1n) is 8.95. The molecular formula is C20H23BrF2N2O2. The first kappa shape index (κ1) is 20.2. The Morgan fingerprint density at radius 3 is 2.22 bits per heavy atom. The second-order valence-electron chi connectivity index (χ2n) is 6.73. The molecule has 0 aliphatic carbocycles. The molecule has 0 spiro atoms. The predicted molar refractivity (Wildman–Crippen MR) is 104 cm³/mol. The lowest BCUT2D eigenvalue weighted by atomic mass is 10.2. The third-order valence-corrected chi connectivity index (χ3v) is 5.02. The molecule has 0 saturated carbocycles. The van der Waals surface area contributed by atoms with E-state index >= 15 is 0 Å². The second-order valence-corrected chi connectivity index (χ2v) is 7.64. The minimum absolute atomic E-state index is 0.153. The summed E-state index contributed by atoms with van der Waals surface area (Å²) in [6, 6.07) is 12.6. The monoisotopic (exact) mass is 440 g/mol. The number of hydrogen-bond donors (Lipinski definition) is 1. The molecule has 2 aromatic carbocycles. The summed E-state index contributed by atoms with van der Waals surface area (Å²) in [5, 5.41) is 10.2. The number of nitrogens with zero attached hydrogens (tertiary/aromatic N) is 2. The van der Waals surface area contributed by atoms with Crippen molar-refractivity contribution >= 4 is 15.9 Å². The molecule has 1 saturated heterocycles. The summed E-state index contributed by atoms with van der Waals surface area (Å²) in [6.07, 6.45) is -0.812. The first-order valence-corrected chi connectivity index (χ1v) is 9.74. The average molecular weight is 441 g/mol. The van der Waals surface area contributed by atoms with Crippen molar-refractivity contribution in [3.05, 3.63) is 64.1 Å². The number of halogens is 3. The van der Waals surface area contributed by atoms with Crippen LogP contribution in [0, 0.1) is 11.6 Å². The SMILES string of the molecule is O[C@H](COc1c(F)cc(Br)cc1F)CN1CCN(Cc2ccccc2)CC1. The summed E-state index contributed by atoms with van der Waals surface area (Å²) in [5.41, 5.74) is 1.29. The number of β-amino-alcohol motifs (C(OH)–C–C–N with tert-alkyl or cyclic N) is 1. The lowest BCUT2D eigenvalue weighted by molar-refractivity contribution is 0.0428. The summed E-state index contributed by atoms with van der Waals surface area (Å²) in [5.74, 6) is -2.03. The van der Waals surface area contributed by atoms with E-state index in [1.165, 1.54) is 5.56 Å². The van der Waals surface area contributed by atoms with Gasteiger partial charge in [-0.3, -0.25) is 9.80 Å². The molecule has 3 rings (SSSR count). The zero-order chi connectivity index (χ0) is 19.2. The molecular weight excluding hydrogens is 418 g/mol. The van der Waals surface area contributed by atoms with E-state index in [9.17, 15) is 13.9 Å². The Morgan fingerprint density at radius 1 is 1.00 bits per heavy atom. The maximum Gasteiger partial charge on any atom is 0.190 e. The summed E-state index contributed by atoms with van der Waals surface area (Å²) >= 11 is 3.02. The zero-order valence-electron chi connectivity index (χ0n) is 15.0. The predicted octanol–water partition coefficient (Wildman–Crippen LogP) is 3.28. The summed E-state index contributed by atoms with van der Waals surface area (Å²) in [6.45, 7) is 4.69. The van der Waals surface area contributed by atoms with Gasteiger partial charge in [0.05, 0.1) is 0 Å². The van der Waals surface area contributed by atoms with Crippen molar-refractivity contribution in [1.29, 1.82) is 0 Å². The van der Waals surface area contributed by atoms with Crippen molar-refractivity contribution in [1.82, 2.24) is 9.80 Å². The maximum atomic E-state index is 13.7. The summed E-state index contributed by atoms with van der Waals surface area (Å²) in [4.78, 5) is 4.52. The van der Waals surface area contributed by atoms with Gasteiger partial charge in [0.2, 0.25) is 0 Å². The van der Waals surface area contributed by atoms with E-state index in [-0.39, 0.29) is 6.61 Å². The van der Waals surface area contributed by atoms with Gasteiger partial charge in [-0.1, -0.05) is 46.3 Å². The van der Waals surface area contributed by atoms with E-state index in [1.54, 1.807) is 0 Å². The molecule has 1 aliphatic rings. The van der Waals surface area contributed by atoms with Crippen LogP contribution < -0.4 is 4.74 Å². The van der Waals surface area contributed by atoms with Crippen molar-refractivity contribution in [3.63, 3.8) is 0 Å². The Kier molecular flexibility index (Phi) is 7.18. The van der Waals surface area contributed by atoms with Crippen molar-refractivity contribution in [2.75, 3.05) is 39.3 Å². The summed E-state index contributed by atoms with van der Waals surface area (Å²) < 4.78 is 33.0. The number of hydrogen-bond acceptors (Lipinski definition) is 4. The fourth-order valence-corrected chi connectivity index (χ4v) is 3.57. The number of aliphatic hydroxyl groups excluding tert-OH is 1. The first-order chi connectivity index (χ1) is 13.0. The van der Waals surface area contributed by atoms with Crippen molar-refractivity contribution in [2.24, 2.45) is 0 Å². The minimum atomic E-state index is -0.812. The van der Waals surface area contributed by atoms with Gasteiger partial charge in [-0.2, -0.15) is 0 Å². The van der Waals surface area contributed by atoms with Crippen LogP contribution in [0.25, 0.3) is 0 Å². The number of aliphatic hydroxyl groups is 1. The molecule has 146 valence electrons. The standard InChI is InChI=1S/C20H23BrF2N2O2/c21-16-10-18(22)20(19(23)11-16)27-14-17(26)13-25-8-6-24(7-9-25)12-15-4-2-1-3-5-15/h1-5,10-11,17,26H,6-9,12-14H2/t17-/m0/s1. The molecule has 1 N–H and O–H groups in total. The minimum Gasteiger partial charge on any atom is -0.485 e. The van der Waals surface area contributed by atoms with Crippen molar-refractivity contribution in [2.45, 2.75) is 12.6 Å². The van der Waals surface area contributed by atoms with Gasteiger partial charge in [0.15, 0.2) is 17.4 Å². The van der Waals surface area contributed by atoms with Crippen LogP contribution in [0.1, 0.15) is 5.56 Å². The van der Waals surface area contributed by atoms with E-state index in [1.807, 2.05) is 18.2 Å². The molecule has 4 nitrogen and oxygen atoms in total. The Bertz CT molecular complexity index is 717. The van der Waals surface area contributed by atoms with E-state index in [0.717, 1.165) is 44.9 Å². The molecule has 2 aromatic rings. The lowest BCUT2D eigenvalue weighted by Gasteiger charge is -2.35. The van der Waals surface area contributed by atoms with Crippen LogP contribution in [0.3, 0.4) is 0 Å². The molecule has 0 aromatic heterocycles. The third kappa shape index (κ3) is 5.97.